The molecule has 2 fully saturated rings. The van der Waals surface area contributed by atoms with Gasteiger partial charge in [0.05, 0.1) is 24.6 Å². The lowest BCUT2D eigenvalue weighted by atomic mass is 9.96. The Morgan fingerprint density at radius 3 is 2.66 bits per heavy atom. The van der Waals surface area contributed by atoms with Crippen LogP contribution >= 0.6 is 0 Å². The second-order valence-corrected chi connectivity index (χ2v) is 7.77. The zero-order valence-corrected chi connectivity index (χ0v) is 17.0. The molecular weight excluding hydrogens is 366 g/mol. The van der Waals surface area contributed by atoms with Gasteiger partial charge < -0.3 is 20.3 Å². The minimum atomic E-state index is -0.220. The summed E-state index contributed by atoms with van der Waals surface area (Å²) in [6.07, 6.45) is 6.02. The number of nitrogens with zero attached hydrogens (tertiary/aromatic N) is 3. The standard InChI is InChI=1S/C22H29N5O2/c1-16-15-19(26-22(23-16)24-17-7-3-2-4-8-17)21(28)25-18-9-5-6-10-20(18)27-11-13-29-14-12-27/h5-6,9-10,15,17H,2-4,7-8,11-14H2,1H3,(H,25,28)(H,23,24,26). The van der Waals surface area contributed by atoms with Gasteiger partial charge in [0.1, 0.15) is 5.69 Å². The molecule has 2 N–H and O–H groups in total. The fourth-order valence-electron chi connectivity index (χ4n) is 4.02. The highest BCUT2D eigenvalue weighted by molar-refractivity contribution is 6.04. The molecule has 7 heteroatoms. The van der Waals surface area contributed by atoms with Crippen LogP contribution in [-0.4, -0.2) is 48.2 Å². The molecule has 2 aromatic rings. The number of aryl methyl sites for hydroxylation is 1. The van der Waals surface area contributed by atoms with Gasteiger partial charge in [-0.25, -0.2) is 9.97 Å². The molecule has 0 bridgehead atoms. The van der Waals surface area contributed by atoms with Gasteiger partial charge in [-0.05, 0) is 38.0 Å². The van der Waals surface area contributed by atoms with Crippen molar-refractivity contribution in [3.63, 3.8) is 0 Å². The quantitative estimate of drug-likeness (QED) is 0.805. The minimum absolute atomic E-state index is 0.220. The van der Waals surface area contributed by atoms with E-state index in [0.29, 0.717) is 30.9 Å². The van der Waals surface area contributed by atoms with Crippen LogP contribution in [0, 0.1) is 6.92 Å². The van der Waals surface area contributed by atoms with Crippen molar-refractivity contribution in [2.24, 2.45) is 0 Å². The van der Waals surface area contributed by atoms with Crippen molar-refractivity contribution < 1.29 is 9.53 Å². The lowest BCUT2D eigenvalue weighted by molar-refractivity contribution is 0.102. The number of hydrogen-bond acceptors (Lipinski definition) is 6. The van der Waals surface area contributed by atoms with Gasteiger partial charge in [-0.2, -0.15) is 0 Å². The molecule has 2 aliphatic rings. The van der Waals surface area contributed by atoms with Crippen molar-refractivity contribution >= 4 is 23.2 Å². The summed E-state index contributed by atoms with van der Waals surface area (Å²) in [6, 6.07) is 10.0. The zero-order valence-electron chi connectivity index (χ0n) is 17.0. The van der Waals surface area contributed by atoms with Crippen LogP contribution in [0.2, 0.25) is 0 Å². The Kier molecular flexibility index (Phi) is 6.24. The molecule has 1 aromatic heterocycles. The number of amides is 1. The highest BCUT2D eigenvalue weighted by atomic mass is 16.5. The molecule has 7 nitrogen and oxygen atoms in total. The molecule has 154 valence electrons. The summed E-state index contributed by atoms with van der Waals surface area (Å²) >= 11 is 0. The lowest BCUT2D eigenvalue weighted by Gasteiger charge is -2.30. The summed E-state index contributed by atoms with van der Waals surface area (Å²) in [4.78, 5) is 24.2. The van der Waals surface area contributed by atoms with Gasteiger partial charge >= 0.3 is 0 Å². The normalized spacial score (nSPS) is 17.8. The predicted molar refractivity (Wildman–Crippen MR) is 115 cm³/mol. The van der Waals surface area contributed by atoms with Gasteiger partial charge in [0.15, 0.2) is 0 Å². The Hall–Kier alpha value is -2.67. The Morgan fingerprint density at radius 1 is 1.10 bits per heavy atom. The molecular formula is C22H29N5O2. The zero-order chi connectivity index (χ0) is 20.1. The number of aromatic nitrogens is 2. The monoisotopic (exact) mass is 395 g/mol. The predicted octanol–water partition coefficient (Wildman–Crippen LogP) is 3.62. The number of rotatable bonds is 5. The molecule has 1 aliphatic carbocycles. The van der Waals surface area contributed by atoms with Crippen molar-refractivity contribution in [3.8, 4) is 0 Å². The molecule has 0 unspecified atom stereocenters. The highest BCUT2D eigenvalue weighted by Crippen LogP contribution is 2.27. The summed E-state index contributed by atoms with van der Waals surface area (Å²) in [5.41, 5.74) is 2.96. The van der Waals surface area contributed by atoms with Gasteiger partial charge in [0.2, 0.25) is 5.95 Å². The van der Waals surface area contributed by atoms with Crippen molar-refractivity contribution in [1.82, 2.24) is 9.97 Å². The number of ether oxygens (including phenoxy) is 1. The molecule has 1 aromatic carbocycles. The molecule has 1 amide bonds. The molecule has 4 rings (SSSR count). The molecule has 1 saturated heterocycles. The van der Waals surface area contributed by atoms with E-state index in [1.165, 1.54) is 19.3 Å². The summed E-state index contributed by atoms with van der Waals surface area (Å²) in [6.45, 7) is 4.92. The van der Waals surface area contributed by atoms with Gasteiger partial charge in [-0.3, -0.25) is 4.79 Å². The van der Waals surface area contributed by atoms with Crippen LogP contribution in [0.4, 0.5) is 17.3 Å². The van der Waals surface area contributed by atoms with Crippen LogP contribution in [0.3, 0.4) is 0 Å². The van der Waals surface area contributed by atoms with Gasteiger partial charge in [0, 0.05) is 24.8 Å². The first-order chi connectivity index (χ1) is 14.2. The Balaban J connectivity index is 1.50. The smallest absolute Gasteiger partial charge is 0.274 e. The lowest BCUT2D eigenvalue weighted by Crippen LogP contribution is -2.36. The maximum absolute atomic E-state index is 13.0. The SMILES string of the molecule is Cc1cc(C(=O)Nc2ccccc2N2CCOCC2)nc(NC2CCCCC2)n1. The van der Waals surface area contributed by atoms with Crippen molar-refractivity contribution in [1.29, 1.82) is 0 Å². The summed E-state index contributed by atoms with van der Waals surface area (Å²) in [5.74, 6) is 0.325. The molecule has 0 atom stereocenters. The first kappa shape index (κ1) is 19.6. The number of nitrogens with one attached hydrogen (secondary N) is 2. The van der Waals surface area contributed by atoms with E-state index in [-0.39, 0.29) is 5.91 Å². The second-order valence-electron chi connectivity index (χ2n) is 7.77. The van der Waals surface area contributed by atoms with Crippen molar-refractivity contribution in [2.45, 2.75) is 45.1 Å². The van der Waals surface area contributed by atoms with E-state index in [4.69, 9.17) is 4.74 Å². The minimum Gasteiger partial charge on any atom is -0.378 e. The summed E-state index contributed by atoms with van der Waals surface area (Å²) in [7, 11) is 0. The third kappa shape index (κ3) is 5.03. The number of para-hydroxylation sites is 2. The third-order valence-electron chi connectivity index (χ3n) is 5.53. The van der Waals surface area contributed by atoms with Gasteiger partial charge in [-0.15, -0.1) is 0 Å². The van der Waals surface area contributed by atoms with Gasteiger partial charge in [0.25, 0.3) is 5.91 Å². The fourth-order valence-corrected chi connectivity index (χ4v) is 4.02. The van der Waals surface area contributed by atoms with E-state index >= 15 is 0 Å². The Morgan fingerprint density at radius 2 is 1.86 bits per heavy atom. The Labute approximate surface area is 171 Å². The van der Waals surface area contributed by atoms with Crippen LogP contribution < -0.4 is 15.5 Å². The summed E-state index contributed by atoms with van der Waals surface area (Å²) < 4.78 is 5.45. The van der Waals surface area contributed by atoms with Crippen molar-refractivity contribution in [2.75, 3.05) is 41.8 Å². The van der Waals surface area contributed by atoms with E-state index in [1.807, 2.05) is 31.2 Å². The molecule has 1 aliphatic heterocycles. The van der Waals surface area contributed by atoms with Crippen LogP contribution in [0.5, 0.6) is 0 Å². The largest absolute Gasteiger partial charge is 0.378 e. The van der Waals surface area contributed by atoms with E-state index in [2.05, 4.69) is 25.5 Å². The molecule has 2 heterocycles. The first-order valence-electron chi connectivity index (χ1n) is 10.5. The molecule has 29 heavy (non-hydrogen) atoms. The van der Waals surface area contributed by atoms with Crippen LogP contribution in [0.1, 0.15) is 48.3 Å². The first-order valence-corrected chi connectivity index (χ1v) is 10.5. The maximum Gasteiger partial charge on any atom is 0.274 e. The van der Waals surface area contributed by atoms with E-state index < -0.39 is 0 Å². The molecule has 0 spiro atoms. The van der Waals surface area contributed by atoms with E-state index in [0.717, 1.165) is 43.0 Å². The van der Waals surface area contributed by atoms with Gasteiger partial charge in [-0.1, -0.05) is 31.4 Å². The Bertz CT molecular complexity index is 845. The van der Waals surface area contributed by atoms with E-state index in [1.54, 1.807) is 6.07 Å². The highest BCUT2D eigenvalue weighted by Gasteiger charge is 2.19. The summed E-state index contributed by atoms with van der Waals surface area (Å²) in [5, 5.41) is 6.46. The third-order valence-corrected chi connectivity index (χ3v) is 5.53. The number of morpholine rings is 1. The van der Waals surface area contributed by atoms with Crippen LogP contribution in [0.25, 0.3) is 0 Å². The van der Waals surface area contributed by atoms with E-state index in [9.17, 15) is 4.79 Å². The number of carbonyl (C=O) groups excluding carboxylic acids is 1. The van der Waals surface area contributed by atoms with Crippen LogP contribution in [-0.2, 0) is 4.74 Å². The number of carbonyl (C=O) groups is 1. The average Bonchev–Trinajstić information content (AvgIpc) is 2.75. The molecule has 0 radical (unpaired) electrons. The van der Waals surface area contributed by atoms with Crippen molar-refractivity contribution in [3.05, 3.63) is 41.7 Å². The number of hydrogen-bond donors (Lipinski definition) is 2. The second kappa shape index (κ2) is 9.22. The topological polar surface area (TPSA) is 79.4 Å². The molecule has 1 saturated carbocycles. The fraction of sp³-hybridized carbons (Fsp3) is 0.500. The number of anilines is 3. The maximum atomic E-state index is 13.0. The van der Waals surface area contributed by atoms with Crippen LogP contribution in [0.15, 0.2) is 30.3 Å². The average molecular weight is 396 g/mol. The number of benzene rings is 1.